The van der Waals surface area contributed by atoms with Crippen molar-refractivity contribution in [3.8, 4) is 0 Å². The lowest BCUT2D eigenvalue weighted by Crippen LogP contribution is -1.85. The third kappa shape index (κ3) is 1.13. The van der Waals surface area contributed by atoms with Crippen LogP contribution in [0.15, 0.2) is 35.4 Å². The van der Waals surface area contributed by atoms with E-state index in [2.05, 4.69) is 29.2 Å². The van der Waals surface area contributed by atoms with Gasteiger partial charge < -0.3 is 0 Å². The van der Waals surface area contributed by atoms with E-state index in [1.54, 1.807) is 0 Å². The minimum absolute atomic E-state index is 1.12. The molecule has 0 amide bonds. The molecule has 2 heteroatoms. The van der Waals surface area contributed by atoms with Gasteiger partial charge in [-0.2, -0.15) is 0 Å². The Bertz CT molecular complexity index is 422. The van der Waals surface area contributed by atoms with E-state index in [-0.39, 0.29) is 0 Å². The van der Waals surface area contributed by atoms with E-state index in [9.17, 15) is 0 Å². The molecule has 0 spiro atoms. The Morgan fingerprint density at radius 1 is 1.23 bits per heavy atom. The molecule has 2 aromatic rings. The van der Waals surface area contributed by atoms with Crippen LogP contribution in [0.3, 0.4) is 0 Å². The quantitative estimate of drug-likeness (QED) is 0.629. The van der Waals surface area contributed by atoms with Gasteiger partial charge in [0, 0.05) is 11.1 Å². The molecule has 1 aliphatic rings. The molecule has 1 aromatic heterocycles. The zero-order valence-corrected chi connectivity index (χ0v) is 7.97. The molecule has 0 aliphatic carbocycles. The Kier molecular flexibility index (Phi) is 1.56. The predicted octanol–water partition coefficient (Wildman–Crippen LogP) is 2.88. The molecule has 0 radical (unpaired) electrons. The number of rotatable bonds is 0. The average Bonchev–Trinajstić information content (AvgIpc) is 2.61. The Balaban J connectivity index is 2.36. The number of nitrogens with zero attached hydrogens (tertiary/aromatic N) is 1. The lowest BCUT2D eigenvalue weighted by Gasteiger charge is -2.00. The number of fused-ring (bicyclic) bond motifs is 2. The zero-order valence-electron chi connectivity index (χ0n) is 7.16. The number of hydrogen-bond donors (Lipinski definition) is 0. The summed E-state index contributed by atoms with van der Waals surface area (Å²) in [4.78, 5) is 4.62. The molecule has 2 heterocycles. The molecule has 1 aromatic carbocycles. The van der Waals surface area contributed by atoms with Crippen molar-refractivity contribution >= 4 is 22.7 Å². The Morgan fingerprint density at radius 3 is 3.15 bits per heavy atom. The van der Waals surface area contributed by atoms with Crippen LogP contribution in [0.2, 0.25) is 0 Å². The molecular weight excluding hydrogens is 178 g/mol. The molecule has 0 saturated carbocycles. The Hall–Kier alpha value is -1.02. The van der Waals surface area contributed by atoms with Crippen molar-refractivity contribution in [1.29, 1.82) is 0 Å². The maximum atomic E-state index is 4.62. The van der Waals surface area contributed by atoms with Crippen LogP contribution in [0.25, 0.3) is 10.9 Å². The number of thioether (sulfide) groups is 1. The molecular formula is C11H9NS. The van der Waals surface area contributed by atoms with Crippen molar-refractivity contribution in [2.24, 2.45) is 0 Å². The van der Waals surface area contributed by atoms with E-state index in [1.807, 2.05) is 17.8 Å². The van der Waals surface area contributed by atoms with Gasteiger partial charge in [-0.05, 0) is 24.1 Å². The molecule has 1 aliphatic heterocycles. The molecule has 13 heavy (non-hydrogen) atoms. The van der Waals surface area contributed by atoms with E-state index >= 15 is 0 Å². The summed E-state index contributed by atoms with van der Waals surface area (Å²) in [6, 6.07) is 10.6. The van der Waals surface area contributed by atoms with Crippen molar-refractivity contribution in [2.45, 2.75) is 11.4 Å². The molecule has 3 rings (SSSR count). The monoisotopic (exact) mass is 187 g/mol. The summed E-state index contributed by atoms with van der Waals surface area (Å²) in [5, 5.41) is 2.50. The fourth-order valence-electron chi connectivity index (χ4n) is 1.70. The van der Waals surface area contributed by atoms with E-state index in [0.29, 0.717) is 0 Å². The third-order valence-corrected chi connectivity index (χ3v) is 3.41. The number of pyridine rings is 1. The standard InChI is InChI=1S/C11H9NS/c1-2-4-10-8(3-1)7-9-5-6-13-11(9)12-10/h1-4,7H,5-6H2. The fourth-order valence-corrected chi connectivity index (χ4v) is 2.73. The van der Waals surface area contributed by atoms with Crippen LogP contribution in [0.4, 0.5) is 0 Å². The lowest BCUT2D eigenvalue weighted by atomic mass is 10.1. The highest BCUT2D eigenvalue weighted by Crippen LogP contribution is 2.31. The SMILES string of the molecule is c1ccc2nc3c(cc2c1)CCS3. The number of benzene rings is 1. The Morgan fingerprint density at radius 2 is 2.15 bits per heavy atom. The van der Waals surface area contributed by atoms with Crippen molar-refractivity contribution in [1.82, 2.24) is 4.98 Å². The smallest absolute Gasteiger partial charge is 0.1000 e. The summed E-state index contributed by atoms with van der Waals surface area (Å²) >= 11 is 1.87. The topological polar surface area (TPSA) is 12.9 Å². The molecule has 64 valence electrons. The maximum Gasteiger partial charge on any atom is 0.1000 e. The van der Waals surface area contributed by atoms with Crippen molar-refractivity contribution in [3.63, 3.8) is 0 Å². The molecule has 0 saturated heterocycles. The van der Waals surface area contributed by atoms with Crippen molar-refractivity contribution < 1.29 is 0 Å². The fraction of sp³-hybridized carbons (Fsp3) is 0.182. The summed E-state index contributed by atoms with van der Waals surface area (Å²) in [6.45, 7) is 0. The summed E-state index contributed by atoms with van der Waals surface area (Å²) in [6.07, 6.45) is 1.18. The average molecular weight is 187 g/mol. The van der Waals surface area contributed by atoms with Gasteiger partial charge in [-0.25, -0.2) is 4.98 Å². The number of aromatic nitrogens is 1. The van der Waals surface area contributed by atoms with Crippen LogP contribution in [0, 0.1) is 0 Å². The van der Waals surface area contributed by atoms with E-state index in [0.717, 1.165) is 5.52 Å². The number of aryl methyl sites for hydroxylation is 1. The summed E-state index contributed by atoms with van der Waals surface area (Å²) in [7, 11) is 0. The van der Waals surface area contributed by atoms with Gasteiger partial charge in [0.05, 0.1) is 10.5 Å². The second-order valence-electron chi connectivity index (χ2n) is 3.24. The van der Waals surface area contributed by atoms with Gasteiger partial charge in [-0.1, -0.05) is 18.2 Å². The van der Waals surface area contributed by atoms with Crippen LogP contribution >= 0.6 is 11.8 Å². The van der Waals surface area contributed by atoms with E-state index in [1.165, 1.54) is 28.1 Å². The molecule has 0 atom stereocenters. The lowest BCUT2D eigenvalue weighted by molar-refractivity contribution is 1.08. The highest BCUT2D eigenvalue weighted by molar-refractivity contribution is 7.99. The van der Waals surface area contributed by atoms with Crippen molar-refractivity contribution in [2.75, 3.05) is 5.75 Å². The minimum atomic E-state index is 1.12. The summed E-state index contributed by atoms with van der Waals surface area (Å²) in [5.74, 6) is 1.19. The van der Waals surface area contributed by atoms with Gasteiger partial charge in [-0.3, -0.25) is 0 Å². The maximum absolute atomic E-state index is 4.62. The largest absolute Gasteiger partial charge is 0.241 e. The summed E-state index contributed by atoms with van der Waals surface area (Å²) in [5.41, 5.74) is 2.54. The number of para-hydroxylation sites is 1. The van der Waals surface area contributed by atoms with Gasteiger partial charge in [0.1, 0.15) is 0 Å². The van der Waals surface area contributed by atoms with Crippen LogP contribution in [0.1, 0.15) is 5.56 Å². The van der Waals surface area contributed by atoms with Gasteiger partial charge in [0.25, 0.3) is 0 Å². The molecule has 0 fully saturated rings. The summed E-state index contributed by atoms with van der Waals surface area (Å²) < 4.78 is 0. The van der Waals surface area contributed by atoms with Gasteiger partial charge in [-0.15, -0.1) is 11.8 Å². The highest BCUT2D eigenvalue weighted by atomic mass is 32.2. The second kappa shape index (κ2) is 2.74. The van der Waals surface area contributed by atoms with Gasteiger partial charge in [0.15, 0.2) is 0 Å². The highest BCUT2D eigenvalue weighted by Gasteiger charge is 2.13. The first kappa shape index (κ1) is 7.39. The first-order valence-corrected chi connectivity index (χ1v) is 5.43. The first-order chi connectivity index (χ1) is 6.43. The van der Waals surface area contributed by atoms with Gasteiger partial charge >= 0.3 is 0 Å². The minimum Gasteiger partial charge on any atom is -0.241 e. The van der Waals surface area contributed by atoms with Crippen LogP contribution in [-0.2, 0) is 6.42 Å². The van der Waals surface area contributed by atoms with E-state index < -0.39 is 0 Å². The zero-order chi connectivity index (χ0) is 8.67. The number of hydrogen-bond acceptors (Lipinski definition) is 2. The Labute approximate surface area is 81.2 Å². The second-order valence-corrected chi connectivity index (χ2v) is 4.33. The third-order valence-electron chi connectivity index (χ3n) is 2.37. The first-order valence-electron chi connectivity index (χ1n) is 4.45. The molecule has 1 nitrogen and oxygen atoms in total. The van der Waals surface area contributed by atoms with E-state index in [4.69, 9.17) is 0 Å². The van der Waals surface area contributed by atoms with Crippen LogP contribution in [0.5, 0.6) is 0 Å². The van der Waals surface area contributed by atoms with Crippen molar-refractivity contribution in [3.05, 3.63) is 35.9 Å². The molecule has 0 N–H and O–H groups in total. The molecule has 0 unspecified atom stereocenters. The van der Waals surface area contributed by atoms with Gasteiger partial charge in [0.2, 0.25) is 0 Å². The van der Waals surface area contributed by atoms with Crippen LogP contribution in [-0.4, -0.2) is 10.7 Å². The molecule has 0 bridgehead atoms. The van der Waals surface area contributed by atoms with Crippen LogP contribution < -0.4 is 0 Å². The normalized spacial score (nSPS) is 14.8. The predicted molar refractivity (Wildman–Crippen MR) is 56.2 cm³/mol.